The Labute approximate surface area is 140 Å². The molecule has 0 spiro atoms. The SMILES string of the molecule is COc1cc(/C=C2\C(=O)NC(=O)c3ccccc32)cc(Br)c1O. The molecule has 0 atom stereocenters. The Balaban J connectivity index is 2.16. The Bertz CT molecular complexity index is 858. The van der Waals surface area contributed by atoms with Gasteiger partial charge in [0.15, 0.2) is 11.5 Å². The molecule has 1 aliphatic heterocycles. The fourth-order valence-corrected chi connectivity index (χ4v) is 2.88. The van der Waals surface area contributed by atoms with E-state index < -0.39 is 11.8 Å². The highest BCUT2D eigenvalue weighted by atomic mass is 79.9. The van der Waals surface area contributed by atoms with Gasteiger partial charge in [0.05, 0.1) is 11.6 Å². The van der Waals surface area contributed by atoms with Crippen LogP contribution in [0.25, 0.3) is 11.6 Å². The van der Waals surface area contributed by atoms with Crippen molar-refractivity contribution in [3.63, 3.8) is 0 Å². The maximum absolute atomic E-state index is 12.2. The summed E-state index contributed by atoms with van der Waals surface area (Å²) in [6.45, 7) is 0. The third-order valence-corrected chi connectivity index (χ3v) is 4.12. The van der Waals surface area contributed by atoms with Crippen LogP contribution >= 0.6 is 15.9 Å². The Kier molecular flexibility index (Phi) is 3.92. The fourth-order valence-electron chi connectivity index (χ4n) is 2.42. The van der Waals surface area contributed by atoms with Crippen molar-refractivity contribution < 1.29 is 19.4 Å². The van der Waals surface area contributed by atoms with Gasteiger partial charge in [0.25, 0.3) is 11.8 Å². The van der Waals surface area contributed by atoms with E-state index in [4.69, 9.17) is 4.74 Å². The molecule has 0 radical (unpaired) electrons. The fraction of sp³-hybridized carbons (Fsp3) is 0.0588. The molecule has 3 rings (SSSR count). The molecule has 0 saturated heterocycles. The van der Waals surface area contributed by atoms with Crippen LogP contribution in [0.2, 0.25) is 0 Å². The highest BCUT2D eigenvalue weighted by Gasteiger charge is 2.26. The number of amides is 2. The lowest BCUT2D eigenvalue weighted by atomic mass is 9.93. The van der Waals surface area contributed by atoms with Gasteiger partial charge < -0.3 is 9.84 Å². The summed E-state index contributed by atoms with van der Waals surface area (Å²) in [5.74, 6) is -0.603. The summed E-state index contributed by atoms with van der Waals surface area (Å²) >= 11 is 3.25. The summed E-state index contributed by atoms with van der Waals surface area (Å²) in [7, 11) is 1.44. The molecule has 0 fully saturated rings. The largest absolute Gasteiger partial charge is 0.503 e. The topological polar surface area (TPSA) is 75.6 Å². The van der Waals surface area contributed by atoms with Gasteiger partial charge in [-0.15, -0.1) is 0 Å². The van der Waals surface area contributed by atoms with Crippen LogP contribution in [0.5, 0.6) is 11.5 Å². The van der Waals surface area contributed by atoms with Gasteiger partial charge >= 0.3 is 0 Å². The number of carbonyl (C=O) groups excluding carboxylic acids is 2. The van der Waals surface area contributed by atoms with Crippen LogP contribution in [0.4, 0.5) is 0 Å². The number of halogens is 1. The molecule has 0 aliphatic carbocycles. The number of hydrogen-bond acceptors (Lipinski definition) is 4. The number of aromatic hydroxyl groups is 1. The molecule has 116 valence electrons. The third-order valence-electron chi connectivity index (χ3n) is 3.52. The lowest BCUT2D eigenvalue weighted by molar-refractivity contribution is -0.114. The number of phenols is 1. The van der Waals surface area contributed by atoms with Crippen molar-refractivity contribution in [1.29, 1.82) is 0 Å². The van der Waals surface area contributed by atoms with Crippen molar-refractivity contribution >= 4 is 39.4 Å². The molecule has 2 amide bonds. The second kappa shape index (κ2) is 5.89. The smallest absolute Gasteiger partial charge is 0.258 e. The summed E-state index contributed by atoms with van der Waals surface area (Å²) in [5.41, 5.74) is 2.05. The van der Waals surface area contributed by atoms with Crippen molar-refractivity contribution in [2.75, 3.05) is 7.11 Å². The maximum Gasteiger partial charge on any atom is 0.258 e. The van der Waals surface area contributed by atoms with Crippen molar-refractivity contribution in [3.05, 3.63) is 57.6 Å². The molecule has 2 aromatic rings. The first-order chi connectivity index (χ1) is 11.0. The zero-order chi connectivity index (χ0) is 16.6. The van der Waals surface area contributed by atoms with Crippen LogP contribution in [-0.4, -0.2) is 24.0 Å². The Hall–Kier alpha value is -2.60. The van der Waals surface area contributed by atoms with Gasteiger partial charge in [-0.3, -0.25) is 14.9 Å². The molecule has 23 heavy (non-hydrogen) atoms. The Morgan fingerprint density at radius 2 is 1.83 bits per heavy atom. The van der Waals surface area contributed by atoms with Crippen LogP contribution < -0.4 is 10.1 Å². The molecule has 2 N–H and O–H groups in total. The molecule has 6 heteroatoms. The van der Waals surface area contributed by atoms with Gasteiger partial charge in [-0.05, 0) is 51.3 Å². The molecule has 0 bridgehead atoms. The number of rotatable bonds is 2. The predicted molar refractivity (Wildman–Crippen MR) is 89.1 cm³/mol. The first kappa shape index (κ1) is 15.3. The Morgan fingerprint density at radius 3 is 2.52 bits per heavy atom. The predicted octanol–water partition coefficient (Wildman–Crippen LogP) is 2.97. The summed E-state index contributed by atoms with van der Waals surface area (Å²) in [6.07, 6.45) is 1.65. The van der Waals surface area contributed by atoms with Gasteiger partial charge in [0.2, 0.25) is 0 Å². The van der Waals surface area contributed by atoms with Gasteiger partial charge in [-0.2, -0.15) is 0 Å². The lowest BCUT2D eigenvalue weighted by Gasteiger charge is -2.18. The molecule has 0 aromatic heterocycles. The number of methoxy groups -OCH3 is 1. The quantitative estimate of drug-likeness (QED) is 0.626. The van der Waals surface area contributed by atoms with E-state index >= 15 is 0 Å². The minimum atomic E-state index is -0.461. The van der Waals surface area contributed by atoms with Gasteiger partial charge in [-0.25, -0.2) is 0 Å². The van der Waals surface area contributed by atoms with E-state index in [-0.39, 0.29) is 11.5 Å². The van der Waals surface area contributed by atoms with Crippen molar-refractivity contribution in [3.8, 4) is 11.5 Å². The highest BCUT2D eigenvalue weighted by Crippen LogP contribution is 2.36. The summed E-state index contributed by atoms with van der Waals surface area (Å²) in [5, 5.41) is 12.2. The number of imide groups is 1. The number of ether oxygens (including phenoxy) is 1. The third kappa shape index (κ3) is 2.73. The number of nitrogens with one attached hydrogen (secondary N) is 1. The maximum atomic E-state index is 12.2. The van der Waals surface area contributed by atoms with Gasteiger partial charge in [0, 0.05) is 11.1 Å². The lowest BCUT2D eigenvalue weighted by Crippen LogP contribution is -2.36. The van der Waals surface area contributed by atoms with E-state index in [1.165, 1.54) is 7.11 Å². The van der Waals surface area contributed by atoms with Crippen molar-refractivity contribution in [1.82, 2.24) is 5.32 Å². The van der Waals surface area contributed by atoms with E-state index in [0.29, 0.717) is 26.7 Å². The normalized spacial score (nSPS) is 15.3. The van der Waals surface area contributed by atoms with Crippen LogP contribution in [0.1, 0.15) is 21.5 Å². The van der Waals surface area contributed by atoms with E-state index in [9.17, 15) is 14.7 Å². The minimum absolute atomic E-state index is 0.0154. The van der Waals surface area contributed by atoms with Crippen molar-refractivity contribution in [2.24, 2.45) is 0 Å². The van der Waals surface area contributed by atoms with Crippen LogP contribution in [0, 0.1) is 0 Å². The first-order valence-corrected chi connectivity index (χ1v) is 7.54. The van der Waals surface area contributed by atoms with Crippen LogP contribution in [0.3, 0.4) is 0 Å². The number of hydrogen-bond donors (Lipinski definition) is 2. The first-order valence-electron chi connectivity index (χ1n) is 6.74. The molecular weight excluding hydrogens is 362 g/mol. The molecule has 1 heterocycles. The summed E-state index contributed by atoms with van der Waals surface area (Å²) < 4.78 is 5.55. The average molecular weight is 374 g/mol. The van der Waals surface area contributed by atoms with E-state index in [2.05, 4.69) is 21.2 Å². The van der Waals surface area contributed by atoms with Crippen LogP contribution in [0.15, 0.2) is 40.9 Å². The summed E-state index contributed by atoms with van der Waals surface area (Å²) in [4.78, 5) is 24.1. The molecule has 0 saturated carbocycles. The second-order valence-corrected chi connectivity index (χ2v) is 5.79. The monoisotopic (exact) mass is 373 g/mol. The zero-order valence-electron chi connectivity index (χ0n) is 12.1. The number of phenolic OH excluding ortho intramolecular Hbond substituents is 1. The molecule has 0 unspecified atom stereocenters. The number of benzene rings is 2. The zero-order valence-corrected chi connectivity index (χ0v) is 13.7. The molecule has 5 nitrogen and oxygen atoms in total. The van der Waals surface area contributed by atoms with E-state index in [0.717, 1.165) is 0 Å². The highest BCUT2D eigenvalue weighted by molar-refractivity contribution is 9.10. The molecule has 2 aromatic carbocycles. The molecule has 1 aliphatic rings. The Morgan fingerprint density at radius 1 is 1.13 bits per heavy atom. The number of fused-ring (bicyclic) bond motifs is 1. The molecular formula is C17H12BrNO4. The van der Waals surface area contributed by atoms with Gasteiger partial charge in [-0.1, -0.05) is 18.2 Å². The standard InChI is InChI=1S/C17H12BrNO4/c1-23-14-8-9(7-13(18)15(14)20)6-12-10-4-2-3-5-11(10)16(21)19-17(12)22/h2-8,20H,1H3,(H,19,21,22)/b12-6-. The summed E-state index contributed by atoms with van der Waals surface area (Å²) in [6, 6.07) is 10.2. The average Bonchev–Trinajstić information content (AvgIpc) is 2.54. The number of carbonyl (C=O) groups is 2. The van der Waals surface area contributed by atoms with E-state index in [1.54, 1.807) is 42.5 Å². The second-order valence-electron chi connectivity index (χ2n) is 4.94. The van der Waals surface area contributed by atoms with E-state index in [1.807, 2.05) is 0 Å². The minimum Gasteiger partial charge on any atom is -0.503 e. The van der Waals surface area contributed by atoms with Crippen LogP contribution in [-0.2, 0) is 4.79 Å². The van der Waals surface area contributed by atoms with Crippen molar-refractivity contribution in [2.45, 2.75) is 0 Å². The van der Waals surface area contributed by atoms with Gasteiger partial charge in [0.1, 0.15) is 0 Å².